The Labute approximate surface area is 102 Å². The Kier molecular flexibility index (Phi) is 4.08. The Bertz CT molecular complexity index is 348. The van der Waals surface area contributed by atoms with Gasteiger partial charge in [0.15, 0.2) is 0 Å². The van der Waals surface area contributed by atoms with E-state index < -0.39 is 0 Å². The zero-order valence-corrected chi connectivity index (χ0v) is 10.4. The highest BCUT2D eigenvalue weighted by Crippen LogP contribution is 2.21. The zero-order chi connectivity index (χ0) is 11.4. The third kappa shape index (κ3) is 3.13. The molecule has 0 spiro atoms. The summed E-state index contributed by atoms with van der Waals surface area (Å²) in [7, 11) is 0. The number of halogens is 1. The van der Waals surface area contributed by atoms with Crippen LogP contribution in [0, 0.1) is 6.92 Å². The number of hydrogen-bond acceptors (Lipinski definition) is 2. The minimum absolute atomic E-state index is 0.647. The Hall–Kier alpha value is -0.730. The number of hydrogen-bond donors (Lipinski definition) is 1. The minimum Gasteiger partial charge on any atom is -0.494 e. The van der Waals surface area contributed by atoms with Crippen LogP contribution in [0.5, 0.6) is 5.75 Å². The first kappa shape index (κ1) is 11.7. The molecule has 1 aromatic rings. The van der Waals surface area contributed by atoms with Crippen molar-refractivity contribution in [3.63, 3.8) is 0 Å². The summed E-state index contributed by atoms with van der Waals surface area (Å²) in [6, 6.07) is 6.45. The monoisotopic (exact) mass is 239 g/mol. The molecule has 1 N–H and O–H groups in total. The number of aryl methyl sites for hydroxylation is 1. The van der Waals surface area contributed by atoms with Crippen molar-refractivity contribution in [2.45, 2.75) is 32.2 Å². The van der Waals surface area contributed by atoms with Gasteiger partial charge in [-0.25, -0.2) is 0 Å². The van der Waals surface area contributed by atoms with E-state index in [1.165, 1.54) is 12.8 Å². The third-order valence-corrected chi connectivity index (χ3v) is 3.45. The van der Waals surface area contributed by atoms with Crippen LogP contribution in [0.25, 0.3) is 0 Å². The molecule has 2 nitrogen and oxygen atoms in total. The molecule has 0 aromatic heterocycles. The van der Waals surface area contributed by atoms with Crippen molar-refractivity contribution in [3.05, 3.63) is 28.8 Å². The van der Waals surface area contributed by atoms with Crippen LogP contribution in [0.2, 0.25) is 5.02 Å². The second-order valence-corrected chi connectivity index (χ2v) is 4.75. The Balaban J connectivity index is 1.78. The van der Waals surface area contributed by atoms with Gasteiger partial charge in [-0.3, -0.25) is 0 Å². The second-order valence-electron chi connectivity index (χ2n) is 4.34. The van der Waals surface area contributed by atoms with Crippen LogP contribution in [0.15, 0.2) is 18.2 Å². The van der Waals surface area contributed by atoms with Crippen molar-refractivity contribution in [1.82, 2.24) is 5.32 Å². The number of ether oxygens (including phenoxy) is 1. The summed E-state index contributed by atoms with van der Waals surface area (Å²) in [5.74, 6) is 0.917. The Morgan fingerprint density at radius 3 is 3.06 bits per heavy atom. The molecule has 16 heavy (non-hydrogen) atoms. The van der Waals surface area contributed by atoms with Crippen molar-refractivity contribution >= 4 is 11.6 Å². The first-order valence-corrected chi connectivity index (χ1v) is 6.26. The molecule has 0 amide bonds. The molecule has 1 unspecified atom stereocenters. The molecule has 1 atom stereocenters. The van der Waals surface area contributed by atoms with E-state index in [0.29, 0.717) is 6.04 Å². The van der Waals surface area contributed by atoms with Gasteiger partial charge in [0.1, 0.15) is 5.75 Å². The van der Waals surface area contributed by atoms with Crippen molar-refractivity contribution < 1.29 is 4.74 Å². The topological polar surface area (TPSA) is 21.3 Å². The van der Waals surface area contributed by atoms with Crippen molar-refractivity contribution in [2.75, 3.05) is 13.2 Å². The zero-order valence-electron chi connectivity index (χ0n) is 9.63. The number of nitrogens with one attached hydrogen (secondary N) is 1. The molecule has 88 valence electrons. The van der Waals surface area contributed by atoms with Crippen LogP contribution in [0.1, 0.15) is 24.8 Å². The average Bonchev–Trinajstić information content (AvgIpc) is 2.76. The highest BCUT2D eigenvalue weighted by atomic mass is 35.5. The lowest BCUT2D eigenvalue weighted by Crippen LogP contribution is -2.23. The summed E-state index contributed by atoms with van der Waals surface area (Å²) < 4.78 is 5.71. The molecular weight excluding hydrogens is 222 g/mol. The van der Waals surface area contributed by atoms with E-state index in [0.717, 1.165) is 35.9 Å². The van der Waals surface area contributed by atoms with Crippen LogP contribution in [-0.4, -0.2) is 19.2 Å². The average molecular weight is 240 g/mol. The van der Waals surface area contributed by atoms with Crippen molar-refractivity contribution in [1.29, 1.82) is 0 Å². The van der Waals surface area contributed by atoms with E-state index in [9.17, 15) is 0 Å². The van der Waals surface area contributed by atoms with E-state index in [1.807, 2.05) is 25.1 Å². The Morgan fingerprint density at radius 2 is 2.38 bits per heavy atom. The summed E-state index contributed by atoms with van der Waals surface area (Å²) in [4.78, 5) is 0. The fraction of sp³-hybridized carbons (Fsp3) is 0.538. The van der Waals surface area contributed by atoms with Gasteiger partial charge in [-0.1, -0.05) is 11.6 Å². The maximum atomic E-state index is 5.95. The third-order valence-electron chi connectivity index (χ3n) is 3.03. The van der Waals surface area contributed by atoms with Crippen LogP contribution in [0.3, 0.4) is 0 Å². The summed E-state index contributed by atoms with van der Waals surface area (Å²) in [5, 5.41) is 4.26. The molecule has 1 aromatic carbocycles. The molecule has 0 radical (unpaired) electrons. The quantitative estimate of drug-likeness (QED) is 0.872. The lowest BCUT2D eigenvalue weighted by Gasteiger charge is -2.11. The standard InChI is InChI=1S/C13H18ClNO/c1-10-9-12(4-5-13(10)14)16-8-6-11-3-2-7-15-11/h4-5,9,11,15H,2-3,6-8H2,1H3. The van der Waals surface area contributed by atoms with Gasteiger partial charge >= 0.3 is 0 Å². The van der Waals surface area contributed by atoms with E-state index in [4.69, 9.17) is 16.3 Å². The van der Waals surface area contributed by atoms with Crippen LogP contribution in [0.4, 0.5) is 0 Å². The molecule has 1 saturated heterocycles. The van der Waals surface area contributed by atoms with E-state index in [2.05, 4.69) is 5.32 Å². The maximum Gasteiger partial charge on any atom is 0.119 e. The predicted molar refractivity (Wildman–Crippen MR) is 67.3 cm³/mol. The predicted octanol–water partition coefficient (Wildman–Crippen LogP) is 3.17. The molecule has 1 aliphatic rings. The lowest BCUT2D eigenvalue weighted by atomic mass is 10.2. The fourth-order valence-electron chi connectivity index (χ4n) is 2.03. The summed E-state index contributed by atoms with van der Waals surface area (Å²) in [6.45, 7) is 3.93. The summed E-state index contributed by atoms with van der Waals surface area (Å²) in [6.07, 6.45) is 3.66. The normalized spacial score (nSPS) is 20.0. The van der Waals surface area contributed by atoms with Gasteiger partial charge in [0.05, 0.1) is 6.61 Å². The molecular formula is C13H18ClNO. The molecule has 1 fully saturated rings. The van der Waals surface area contributed by atoms with Gasteiger partial charge in [-0.15, -0.1) is 0 Å². The van der Waals surface area contributed by atoms with Crippen molar-refractivity contribution in [3.8, 4) is 5.75 Å². The lowest BCUT2D eigenvalue weighted by molar-refractivity contribution is 0.292. The highest BCUT2D eigenvalue weighted by molar-refractivity contribution is 6.31. The molecule has 1 aliphatic heterocycles. The largest absolute Gasteiger partial charge is 0.494 e. The van der Waals surface area contributed by atoms with Crippen LogP contribution in [-0.2, 0) is 0 Å². The number of benzene rings is 1. The first-order valence-electron chi connectivity index (χ1n) is 5.88. The minimum atomic E-state index is 0.647. The summed E-state index contributed by atoms with van der Waals surface area (Å²) >= 11 is 5.95. The van der Waals surface area contributed by atoms with Crippen molar-refractivity contribution in [2.24, 2.45) is 0 Å². The van der Waals surface area contributed by atoms with Crippen LogP contribution < -0.4 is 10.1 Å². The second kappa shape index (κ2) is 5.55. The van der Waals surface area contributed by atoms with Gasteiger partial charge in [0.2, 0.25) is 0 Å². The van der Waals surface area contributed by atoms with Gasteiger partial charge in [-0.2, -0.15) is 0 Å². The van der Waals surface area contributed by atoms with Gasteiger partial charge in [0.25, 0.3) is 0 Å². The molecule has 0 bridgehead atoms. The maximum absolute atomic E-state index is 5.95. The molecule has 0 aliphatic carbocycles. The Morgan fingerprint density at radius 1 is 1.50 bits per heavy atom. The molecule has 0 saturated carbocycles. The molecule has 1 heterocycles. The highest BCUT2D eigenvalue weighted by Gasteiger charge is 2.13. The van der Waals surface area contributed by atoms with E-state index >= 15 is 0 Å². The van der Waals surface area contributed by atoms with Gasteiger partial charge < -0.3 is 10.1 Å². The molecule has 3 heteroatoms. The first-order chi connectivity index (χ1) is 7.75. The summed E-state index contributed by atoms with van der Waals surface area (Å²) in [5.41, 5.74) is 1.07. The molecule has 2 rings (SSSR count). The smallest absolute Gasteiger partial charge is 0.119 e. The van der Waals surface area contributed by atoms with E-state index in [1.54, 1.807) is 0 Å². The van der Waals surface area contributed by atoms with E-state index in [-0.39, 0.29) is 0 Å². The fourth-order valence-corrected chi connectivity index (χ4v) is 2.15. The SMILES string of the molecule is Cc1cc(OCCC2CCCN2)ccc1Cl. The van der Waals surface area contributed by atoms with Gasteiger partial charge in [0, 0.05) is 11.1 Å². The van der Waals surface area contributed by atoms with Gasteiger partial charge in [-0.05, 0) is 56.5 Å². The van der Waals surface area contributed by atoms with Crippen LogP contribution >= 0.6 is 11.6 Å². The number of rotatable bonds is 4.